The number of aliphatic imine (C=N–C) groups is 1. The summed E-state index contributed by atoms with van der Waals surface area (Å²) in [6.45, 7) is 2.71. The Morgan fingerprint density at radius 2 is 2.29 bits per heavy atom. The number of nitrogens with two attached hydrogens (primary N) is 1. The molecule has 4 nitrogen and oxygen atoms in total. The van der Waals surface area contributed by atoms with Crippen LogP contribution in [0.2, 0.25) is 0 Å². The van der Waals surface area contributed by atoms with Crippen molar-refractivity contribution >= 4 is 5.96 Å². The van der Waals surface area contributed by atoms with Crippen LogP contribution in [0.4, 0.5) is 0 Å². The van der Waals surface area contributed by atoms with Gasteiger partial charge in [-0.25, -0.2) is 0 Å². The average Bonchev–Trinajstić information content (AvgIpc) is 2.50. The monoisotopic (exact) mass is 190 g/mol. The lowest BCUT2D eigenvalue weighted by Crippen LogP contribution is -2.32. The van der Waals surface area contributed by atoms with E-state index in [1.807, 2.05) is 31.1 Å². The third-order valence-corrected chi connectivity index (χ3v) is 2.57. The fraction of sp³-hybridized carbons (Fsp3) is 0.400. The lowest BCUT2D eigenvalue weighted by molar-refractivity contribution is 0.413. The van der Waals surface area contributed by atoms with E-state index >= 15 is 0 Å². The number of guanidine groups is 1. The summed E-state index contributed by atoms with van der Waals surface area (Å²) in [6.07, 6.45) is 1.89. The molecule has 0 saturated carbocycles. The van der Waals surface area contributed by atoms with Gasteiger partial charge in [-0.15, -0.1) is 0 Å². The normalized spacial score (nSPS) is 21.1. The van der Waals surface area contributed by atoms with Crippen molar-refractivity contribution in [3.8, 4) is 0 Å². The van der Waals surface area contributed by atoms with Gasteiger partial charge in [0.2, 0.25) is 0 Å². The largest absolute Gasteiger partial charge is 0.370 e. The molecule has 0 bridgehead atoms. The maximum absolute atomic E-state index is 5.69. The summed E-state index contributed by atoms with van der Waals surface area (Å²) in [4.78, 5) is 10.4. The van der Waals surface area contributed by atoms with Crippen molar-refractivity contribution in [1.29, 1.82) is 0 Å². The van der Waals surface area contributed by atoms with E-state index in [4.69, 9.17) is 5.73 Å². The fourth-order valence-electron chi connectivity index (χ4n) is 1.58. The van der Waals surface area contributed by atoms with E-state index in [9.17, 15) is 0 Å². The molecule has 0 amide bonds. The molecular formula is C10H14N4. The zero-order chi connectivity index (χ0) is 10.1. The highest BCUT2D eigenvalue weighted by Gasteiger charge is 2.23. The van der Waals surface area contributed by atoms with Crippen LogP contribution in [0.15, 0.2) is 23.3 Å². The van der Waals surface area contributed by atoms with Crippen LogP contribution in [0.25, 0.3) is 0 Å². The summed E-state index contributed by atoms with van der Waals surface area (Å²) in [5.74, 6) is 0.607. The first-order valence-electron chi connectivity index (χ1n) is 4.64. The average molecular weight is 190 g/mol. The molecule has 2 heterocycles. The smallest absolute Gasteiger partial charge is 0.191 e. The van der Waals surface area contributed by atoms with E-state index in [0.29, 0.717) is 5.96 Å². The van der Waals surface area contributed by atoms with Gasteiger partial charge in [0.15, 0.2) is 5.96 Å². The second kappa shape index (κ2) is 3.29. The van der Waals surface area contributed by atoms with E-state index in [1.165, 1.54) is 5.56 Å². The van der Waals surface area contributed by atoms with Gasteiger partial charge in [-0.3, -0.25) is 9.98 Å². The summed E-state index contributed by atoms with van der Waals surface area (Å²) in [5.41, 5.74) is 7.89. The maximum atomic E-state index is 5.69. The van der Waals surface area contributed by atoms with Gasteiger partial charge >= 0.3 is 0 Å². The molecule has 1 aliphatic rings. The molecule has 0 fully saturated rings. The number of rotatable bonds is 1. The molecule has 74 valence electrons. The second-order valence-electron chi connectivity index (χ2n) is 3.56. The Morgan fingerprint density at radius 1 is 1.50 bits per heavy atom. The zero-order valence-corrected chi connectivity index (χ0v) is 8.44. The van der Waals surface area contributed by atoms with E-state index < -0.39 is 0 Å². The highest BCUT2D eigenvalue weighted by Crippen LogP contribution is 2.22. The van der Waals surface area contributed by atoms with Crippen LogP contribution < -0.4 is 5.73 Å². The molecule has 2 rings (SSSR count). The van der Waals surface area contributed by atoms with Crippen molar-refractivity contribution in [1.82, 2.24) is 9.88 Å². The molecule has 2 N–H and O–H groups in total. The van der Waals surface area contributed by atoms with Crippen LogP contribution in [0.3, 0.4) is 0 Å². The number of hydrogen-bond donors (Lipinski definition) is 1. The first-order valence-corrected chi connectivity index (χ1v) is 4.64. The van der Waals surface area contributed by atoms with Crippen LogP contribution in [-0.4, -0.2) is 29.4 Å². The Hall–Kier alpha value is -1.58. The van der Waals surface area contributed by atoms with Crippen LogP contribution in [0, 0.1) is 6.92 Å². The third-order valence-electron chi connectivity index (χ3n) is 2.57. The Morgan fingerprint density at radius 3 is 2.79 bits per heavy atom. The summed E-state index contributed by atoms with van der Waals surface area (Å²) in [6, 6.07) is 4.35. The molecule has 1 aliphatic heterocycles. The molecule has 0 radical (unpaired) electrons. The molecule has 0 aromatic carbocycles. The highest BCUT2D eigenvalue weighted by molar-refractivity contribution is 5.80. The molecule has 1 aromatic rings. The van der Waals surface area contributed by atoms with E-state index in [0.717, 1.165) is 12.2 Å². The summed E-state index contributed by atoms with van der Waals surface area (Å²) < 4.78 is 0. The van der Waals surface area contributed by atoms with Gasteiger partial charge in [0.1, 0.15) is 0 Å². The first-order chi connectivity index (χ1) is 6.68. The van der Waals surface area contributed by atoms with Crippen molar-refractivity contribution in [2.75, 3.05) is 13.6 Å². The van der Waals surface area contributed by atoms with Crippen molar-refractivity contribution in [3.63, 3.8) is 0 Å². The van der Waals surface area contributed by atoms with Gasteiger partial charge in [-0.1, -0.05) is 6.07 Å². The van der Waals surface area contributed by atoms with Gasteiger partial charge < -0.3 is 10.6 Å². The molecule has 14 heavy (non-hydrogen) atoms. The Balaban J connectivity index is 2.22. The molecular weight excluding hydrogens is 176 g/mol. The number of hydrogen-bond acceptors (Lipinski definition) is 4. The minimum atomic E-state index is 0.253. The van der Waals surface area contributed by atoms with E-state index in [2.05, 4.69) is 16.0 Å². The van der Waals surface area contributed by atoms with Gasteiger partial charge in [0.05, 0.1) is 12.6 Å². The Bertz CT molecular complexity index is 355. The van der Waals surface area contributed by atoms with Gasteiger partial charge in [0.25, 0.3) is 0 Å². The van der Waals surface area contributed by atoms with Crippen molar-refractivity contribution in [2.45, 2.75) is 13.0 Å². The second-order valence-corrected chi connectivity index (χ2v) is 3.56. The molecule has 0 spiro atoms. The Kier molecular flexibility index (Phi) is 2.11. The van der Waals surface area contributed by atoms with E-state index in [-0.39, 0.29) is 6.04 Å². The third kappa shape index (κ3) is 1.43. The van der Waals surface area contributed by atoms with Crippen molar-refractivity contribution in [2.24, 2.45) is 10.7 Å². The minimum Gasteiger partial charge on any atom is -0.370 e. The molecule has 1 atom stereocenters. The van der Waals surface area contributed by atoms with Gasteiger partial charge in [-0.2, -0.15) is 0 Å². The van der Waals surface area contributed by atoms with Gasteiger partial charge in [0, 0.05) is 18.9 Å². The lowest BCUT2D eigenvalue weighted by Gasteiger charge is -2.21. The van der Waals surface area contributed by atoms with Crippen LogP contribution in [-0.2, 0) is 0 Å². The summed E-state index contributed by atoms with van der Waals surface area (Å²) in [5, 5.41) is 0. The molecule has 0 aliphatic carbocycles. The molecule has 4 heteroatoms. The Labute approximate surface area is 83.5 Å². The SMILES string of the molecule is Cc1ccc(C2CN=C(N)N2C)cn1. The molecule has 1 unspecified atom stereocenters. The first kappa shape index (κ1) is 8.99. The minimum absolute atomic E-state index is 0.253. The summed E-state index contributed by atoms with van der Waals surface area (Å²) in [7, 11) is 1.95. The molecule has 1 aromatic heterocycles. The zero-order valence-electron chi connectivity index (χ0n) is 8.44. The number of pyridine rings is 1. The van der Waals surface area contributed by atoms with Crippen molar-refractivity contribution < 1.29 is 0 Å². The van der Waals surface area contributed by atoms with Crippen LogP contribution >= 0.6 is 0 Å². The maximum Gasteiger partial charge on any atom is 0.191 e. The lowest BCUT2D eigenvalue weighted by atomic mass is 10.1. The summed E-state index contributed by atoms with van der Waals surface area (Å²) >= 11 is 0. The predicted octanol–water partition coefficient (Wildman–Crippen LogP) is 0.691. The van der Waals surface area contributed by atoms with Gasteiger partial charge in [-0.05, 0) is 18.6 Å². The standard InChI is InChI=1S/C10H14N4/c1-7-3-4-8(5-12-7)9-6-13-10(11)14(9)2/h3-5,9H,6H2,1-2H3,(H2,11,13). The van der Waals surface area contributed by atoms with Crippen LogP contribution in [0.1, 0.15) is 17.3 Å². The topological polar surface area (TPSA) is 54.5 Å². The highest BCUT2D eigenvalue weighted by atomic mass is 15.3. The predicted molar refractivity (Wildman–Crippen MR) is 56.0 cm³/mol. The molecule has 0 saturated heterocycles. The number of nitrogens with zero attached hydrogens (tertiary/aromatic N) is 3. The quantitative estimate of drug-likeness (QED) is 0.709. The van der Waals surface area contributed by atoms with E-state index in [1.54, 1.807) is 0 Å². The number of likely N-dealkylation sites (N-methyl/N-ethyl adjacent to an activating group) is 1. The van der Waals surface area contributed by atoms with Crippen LogP contribution in [0.5, 0.6) is 0 Å². The van der Waals surface area contributed by atoms with Crippen molar-refractivity contribution in [3.05, 3.63) is 29.6 Å². The number of aromatic nitrogens is 1. The fourth-order valence-corrected chi connectivity index (χ4v) is 1.58. The number of aryl methyl sites for hydroxylation is 1.